The van der Waals surface area contributed by atoms with E-state index in [0.717, 1.165) is 70.1 Å². The van der Waals surface area contributed by atoms with E-state index in [1.54, 1.807) is 42.5 Å². The molecule has 2 fully saturated rings. The van der Waals surface area contributed by atoms with Gasteiger partial charge in [0.05, 0.1) is 70.7 Å². The normalized spacial score (nSPS) is 20.2. The highest BCUT2D eigenvalue weighted by molar-refractivity contribution is 6.15. The number of methoxy groups -OCH3 is 4. The zero-order chi connectivity index (χ0) is 47.9. The van der Waals surface area contributed by atoms with Crippen LogP contribution in [0, 0.1) is 0 Å². The molecule has 3 N–H and O–H groups in total. The number of rotatable bonds is 8. The molecule has 356 valence electrons. The Hall–Kier alpha value is -7.01. The van der Waals surface area contributed by atoms with E-state index in [-0.39, 0.29) is 42.3 Å². The highest BCUT2D eigenvalue weighted by Crippen LogP contribution is 2.37. The molecular formula is C50H63N9O8. The van der Waals surface area contributed by atoms with Gasteiger partial charge in [-0.2, -0.15) is 10.2 Å². The molecular weight excluding hydrogens is 855 g/mol. The van der Waals surface area contributed by atoms with E-state index in [4.69, 9.17) is 33.9 Å². The average molecular weight is 918 g/mol. The first-order chi connectivity index (χ1) is 32.3. The molecule has 0 aromatic heterocycles. The van der Waals surface area contributed by atoms with Crippen LogP contribution in [-0.4, -0.2) is 139 Å². The largest absolute Gasteiger partial charge is 0.493 e. The van der Waals surface area contributed by atoms with Gasteiger partial charge in [0.1, 0.15) is 0 Å². The maximum atomic E-state index is 12.7. The van der Waals surface area contributed by atoms with Gasteiger partial charge in [-0.05, 0) is 100 Å². The summed E-state index contributed by atoms with van der Waals surface area (Å²) in [7, 11) is 9.67. The fourth-order valence-electron chi connectivity index (χ4n) is 9.01. The van der Waals surface area contributed by atoms with Gasteiger partial charge in [-0.3, -0.25) is 4.79 Å². The summed E-state index contributed by atoms with van der Waals surface area (Å²) in [5.74, 6) is 2.54. The minimum Gasteiger partial charge on any atom is -0.493 e. The molecule has 2 saturated heterocycles. The number of piperazine rings is 1. The lowest BCUT2D eigenvalue weighted by Crippen LogP contribution is -2.47. The predicted octanol–water partition coefficient (Wildman–Crippen LogP) is 5.63. The second-order valence-electron chi connectivity index (χ2n) is 17.1. The molecule has 17 nitrogen and oxygen atoms in total. The Morgan fingerprint density at radius 1 is 0.627 bits per heavy atom. The first-order valence-corrected chi connectivity index (χ1v) is 22.6. The molecule has 5 amide bonds. The molecule has 4 heterocycles. The number of hydrogen-bond donors (Lipinski definition) is 3. The van der Waals surface area contributed by atoms with Gasteiger partial charge < -0.3 is 49.4 Å². The van der Waals surface area contributed by atoms with Crippen molar-refractivity contribution in [2.24, 2.45) is 10.2 Å². The predicted molar refractivity (Wildman–Crippen MR) is 260 cm³/mol. The van der Waals surface area contributed by atoms with E-state index in [2.05, 4.69) is 59.0 Å². The number of hydrazone groups is 2. The van der Waals surface area contributed by atoms with Crippen molar-refractivity contribution in [3.05, 3.63) is 106 Å². The maximum Gasteiger partial charge on any atom is 0.337 e. The number of fused-ring (bicyclic) bond motifs is 2. The van der Waals surface area contributed by atoms with E-state index in [0.29, 0.717) is 54.6 Å². The van der Waals surface area contributed by atoms with Crippen molar-refractivity contribution in [3.8, 4) is 23.0 Å². The molecule has 0 aliphatic carbocycles. The monoisotopic (exact) mass is 917 g/mol. The van der Waals surface area contributed by atoms with E-state index in [9.17, 15) is 14.4 Å². The van der Waals surface area contributed by atoms with Gasteiger partial charge in [0.25, 0.3) is 0 Å². The van der Waals surface area contributed by atoms with Crippen molar-refractivity contribution in [2.75, 3.05) is 85.1 Å². The minimum absolute atomic E-state index is 0.0173. The first kappa shape index (κ1) is 47.9. The number of nitrogens with one attached hydrogen (secondary N) is 3. The molecule has 8 rings (SSSR count). The number of benzene rings is 4. The Kier molecular flexibility index (Phi) is 15.1. The lowest BCUT2D eigenvalue weighted by molar-refractivity contribution is -0.120. The van der Waals surface area contributed by atoms with Crippen molar-refractivity contribution in [1.82, 2.24) is 26.0 Å². The number of ether oxygens (including phenoxy) is 5. The van der Waals surface area contributed by atoms with Crippen molar-refractivity contribution < 1.29 is 38.1 Å². The molecule has 67 heavy (non-hydrogen) atoms. The number of anilines is 2. The summed E-state index contributed by atoms with van der Waals surface area (Å²) < 4.78 is 28.0. The molecule has 4 aromatic rings. The molecule has 17 heteroatoms. The summed E-state index contributed by atoms with van der Waals surface area (Å²) in [6.45, 7) is 11.6. The number of hydrogen-bond acceptors (Lipinski definition) is 12. The molecule has 0 spiro atoms. The van der Waals surface area contributed by atoms with Crippen LogP contribution in [0.15, 0.2) is 83.0 Å². The number of amides is 5. The van der Waals surface area contributed by atoms with Gasteiger partial charge in [0.15, 0.2) is 23.0 Å². The van der Waals surface area contributed by atoms with Crippen molar-refractivity contribution in [2.45, 2.75) is 64.8 Å². The second-order valence-corrected chi connectivity index (χ2v) is 17.1. The standard InChI is InChI=1S/C26H34N4O4.C24H29N5O4/c1-16-11-20-12-23(32-5)24(33-6)13-22(20)25(28-30(16)26(31)27-4)19-7-9-21(10-8-19)29-14-17(2)34-18(3)15-29;1-15-11-17-12-20(32-3)21(33-4)13-19(17)23(27-29(15)24(31)25-2)16-5-7-18(8-6-16)28-10-9-26-22(30)14-28/h7-10,12-13,16-18H,11,14-15H2,1-6H3,(H,27,31);5-8,12-13,15H,9-11,14H2,1-4H3,(H,25,31)(H,26,30)/t16-,17-,18+;15-/m00/s1. The van der Waals surface area contributed by atoms with E-state index in [1.807, 2.05) is 67.3 Å². The fourth-order valence-corrected chi connectivity index (χ4v) is 9.01. The van der Waals surface area contributed by atoms with Crippen LogP contribution in [0.4, 0.5) is 21.0 Å². The molecule has 0 unspecified atom stereocenters. The van der Waals surface area contributed by atoms with Crippen LogP contribution in [0.5, 0.6) is 23.0 Å². The number of carbonyl (C=O) groups is 3. The zero-order valence-electron chi connectivity index (χ0n) is 40.1. The van der Waals surface area contributed by atoms with Gasteiger partial charge >= 0.3 is 12.1 Å². The lowest BCUT2D eigenvalue weighted by Gasteiger charge is -2.36. The first-order valence-electron chi connectivity index (χ1n) is 22.6. The van der Waals surface area contributed by atoms with Crippen LogP contribution in [0.25, 0.3) is 0 Å². The van der Waals surface area contributed by atoms with Crippen molar-refractivity contribution >= 4 is 40.8 Å². The van der Waals surface area contributed by atoms with E-state index < -0.39 is 0 Å². The number of carbonyl (C=O) groups excluding carboxylic acids is 3. The van der Waals surface area contributed by atoms with Crippen LogP contribution in [0.1, 0.15) is 61.1 Å². The highest BCUT2D eigenvalue weighted by atomic mass is 16.5. The molecule has 4 aliphatic heterocycles. The third kappa shape index (κ3) is 10.5. The molecule has 0 bridgehead atoms. The lowest BCUT2D eigenvalue weighted by atomic mass is 9.94. The van der Waals surface area contributed by atoms with Gasteiger partial charge in [0, 0.05) is 73.9 Å². The van der Waals surface area contributed by atoms with Crippen molar-refractivity contribution in [3.63, 3.8) is 0 Å². The zero-order valence-corrected chi connectivity index (χ0v) is 40.1. The van der Waals surface area contributed by atoms with E-state index in [1.165, 1.54) is 10.0 Å². The maximum absolute atomic E-state index is 12.7. The Morgan fingerprint density at radius 3 is 1.42 bits per heavy atom. The molecule has 4 atom stereocenters. The number of nitrogens with zero attached hydrogens (tertiary/aromatic N) is 6. The van der Waals surface area contributed by atoms with Gasteiger partial charge in [-0.1, -0.05) is 24.3 Å². The van der Waals surface area contributed by atoms with Crippen LogP contribution in [-0.2, 0) is 22.4 Å². The minimum atomic E-state index is -0.275. The summed E-state index contributed by atoms with van der Waals surface area (Å²) in [4.78, 5) is 41.4. The Bertz CT molecular complexity index is 2490. The Labute approximate surface area is 393 Å². The number of morpholine rings is 1. The highest BCUT2D eigenvalue weighted by Gasteiger charge is 2.31. The Morgan fingerprint density at radius 2 is 1.03 bits per heavy atom. The van der Waals surface area contributed by atoms with Crippen LogP contribution in [0.3, 0.4) is 0 Å². The fraction of sp³-hybridized carbons (Fsp3) is 0.420. The Balaban J connectivity index is 0.000000199. The third-order valence-corrected chi connectivity index (χ3v) is 12.3. The molecule has 4 aromatic carbocycles. The number of urea groups is 2. The van der Waals surface area contributed by atoms with Crippen molar-refractivity contribution in [1.29, 1.82) is 0 Å². The summed E-state index contributed by atoms with van der Waals surface area (Å²) >= 11 is 0. The second kappa shape index (κ2) is 21.1. The molecule has 0 saturated carbocycles. The van der Waals surface area contributed by atoms with Crippen LogP contribution < -0.4 is 44.7 Å². The average Bonchev–Trinajstić information content (AvgIpc) is 3.58. The van der Waals surface area contributed by atoms with Crippen LogP contribution in [0.2, 0.25) is 0 Å². The smallest absolute Gasteiger partial charge is 0.337 e. The van der Waals surface area contributed by atoms with Gasteiger partial charge in [-0.15, -0.1) is 0 Å². The molecule has 4 aliphatic rings. The van der Waals surface area contributed by atoms with Gasteiger partial charge in [0.2, 0.25) is 5.91 Å². The summed E-state index contributed by atoms with van der Waals surface area (Å²) in [6.07, 6.45) is 1.62. The summed E-state index contributed by atoms with van der Waals surface area (Å²) in [5.41, 5.74) is 9.16. The molecule has 0 radical (unpaired) electrons. The summed E-state index contributed by atoms with van der Waals surface area (Å²) in [6, 6.07) is 23.2. The quantitative estimate of drug-likeness (QED) is 0.201. The van der Waals surface area contributed by atoms with E-state index >= 15 is 0 Å². The SMILES string of the molecule is CNC(=O)N1N=C(c2ccc(N3CCNC(=O)C3)cc2)c2cc(OC)c(OC)cc2C[C@@H]1C.CNC(=O)N1N=C(c2ccc(N3C[C@@H](C)O[C@@H](C)C3)cc2)c2cc(OC)c(OC)cc2C[C@@H]1C. The summed E-state index contributed by atoms with van der Waals surface area (Å²) in [5, 5.41) is 20.9. The third-order valence-electron chi connectivity index (χ3n) is 12.3. The van der Waals surface area contributed by atoms with Crippen LogP contribution >= 0.6 is 0 Å². The topological polar surface area (TPSA) is 171 Å². The van der Waals surface area contributed by atoms with Gasteiger partial charge in [-0.25, -0.2) is 19.6 Å².